The fraction of sp³-hybridized carbons (Fsp3) is 0.0909. The van der Waals surface area contributed by atoms with Crippen LogP contribution in [-0.4, -0.2) is 28.6 Å². The number of anilines is 2. The summed E-state index contributed by atoms with van der Waals surface area (Å²) >= 11 is 2.90. The average Bonchev–Trinajstić information content (AvgIpc) is 3.32. The Morgan fingerprint density at radius 2 is 1.80 bits per heavy atom. The van der Waals surface area contributed by atoms with Crippen LogP contribution in [0.15, 0.2) is 71.1 Å². The number of carbonyl (C=O) groups excluding carboxylic acids is 2. The van der Waals surface area contributed by atoms with Crippen molar-refractivity contribution in [2.24, 2.45) is 0 Å². The first-order valence-electron chi connectivity index (χ1n) is 9.33. The molecule has 30 heavy (non-hydrogen) atoms. The molecular formula is C22H16N4O2S2. The van der Waals surface area contributed by atoms with Crippen molar-refractivity contribution < 1.29 is 9.59 Å². The normalized spacial score (nSPS) is 12.5. The Labute approximate surface area is 180 Å². The van der Waals surface area contributed by atoms with Gasteiger partial charge in [-0.25, -0.2) is 0 Å². The number of carbonyl (C=O) groups is 2. The van der Waals surface area contributed by atoms with Gasteiger partial charge in [0.05, 0.1) is 5.69 Å². The average molecular weight is 433 g/mol. The second-order valence-electron chi connectivity index (χ2n) is 6.77. The predicted molar refractivity (Wildman–Crippen MR) is 120 cm³/mol. The van der Waals surface area contributed by atoms with Crippen LogP contribution >= 0.6 is 23.1 Å². The van der Waals surface area contributed by atoms with E-state index < -0.39 is 0 Å². The fourth-order valence-electron chi connectivity index (χ4n) is 3.48. The molecule has 0 bridgehead atoms. The Bertz CT molecular complexity index is 1250. The quantitative estimate of drug-likeness (QED) is 0.356. The topological polar surface area (TPSA) is 75.2 Å². The maximum Gasteiger partial charge on any atom is 0.259 e. The molecule has 0 radical (unpaired) electrons. The second kappa shape index (κ2) is 7.89. The van der Waals surface area contributed by atoms with Crippen molar-refractivity contribution in [3.8, 4) is 0 Å². The highest BCUT2D eigenvalue weighted by Gasteiger charge is 2.31. The predicted octanol–water partition coefficient (Wildman–Crippen LogP) is 4.58. The molecule has 1 aliphatic rings. The SMILES string of the molecule is O=C(CN1C(=O)c2cccc3cccc1c23)Nc1nnc(SCc2ccccc2)s1. The molecule has 148 valence electrons. The number of thioether (sulfide) groups is 1. The third-order valence-corrected chi connectivity index (χ3v) is 6.85. The molecule has 8 heteroatoms. The highest BCUT2D eigenvalue weighted by Crippen LogP contribution is 2.37. The minimum Gasteiger partial charge on any atom is -0.299 e. The van der Waals surface area contributed by atoms with Crippen molar-refractivity contribution >= 4 is 56.5 Å². The van der Waals surface area contributed by atoms with E-state index in [-0.39, 0.29) is 18.4 Å². The molecular weight excluding hydrogens is 416 g/mol. The van der Waals surface area contributed by atoms with E-state index in [4.69, 9.17) is 0 Å². The smallest absolute Gasteiger partial charge is 0.259 e. The van der Waals surface area contributed by atoms with Gasteiger partial charge in [0.25, 0.3) is 5.91 Å². The van der Waals surface area contributed by atoms with Crippen LogP contribution in [0.4, 0.5) is 10.8 Å². The molecule has 1 aromatic heterocycles. The highest BCUT2D eigenvalue weighted by atomic mass is 32.2. The molecule has 3 aromatic carbocycles. The van der Waals surface area contributed by atoms with Gasteiger partial charge in [-0.15, -0.1) is 10.2 Å². The standard InChI is InChI=1S/C22H16N4O2S2/c27-18(23-21-24-25-22(30-21)29-13-14-6-2-1-3-7-14)12-26-17-11-5-9-15-8-4-10-16(19(15)17)20(26)28/h1-11H,12-13H2,(H,23,24,27). The molecule has 1 N–H and O–H groups in total. The zero-order valence-corrected chi connectivity index (χ0v) is 17.4. The summed E-state index contributed by atoms with van der Waals surface area (Å²) in [6.07, 6.45) is 0. The molecule has 0 atom stereocenters. The van der Waals surface area contributed by atoms with Gasteiger partial charge >= 0.3 is 0 Å². The summed E-state index contributed by atoms with van der Waals surface area (Å²) in [5.74, 6) is 0.325. The monoisotopic (exact) mass is 432 g/mol. The molecule has 0 fully saturated rings. The van der Waals surface area contributed by atoms with E-state index in [0.717, 1.165) is 26.6 Å². The zero-order chi connectivity index (χ0) is 20.5. The third-order valence-electron chi connectivity index (χ3n) is 4.81. The number of benzene rings is 3. The van der Waals surface area contributed by atoms with Gasteiger partial charge < -0.3 is 0 Å². The molecule has 6 nitrogen and oxygen atoms in total. The van der Waals surface area contributed by atoms with Gasteiger partial charge in [-0.3, -0.25) is 19.8 Å². The molecule has 0 saturated carbocycles. The van der Waals surface area contributed by atoms with Crippen LogP contribution in [0, 0.1) is 0 Å². The third kappa shape index (κ3) is 3.55. The molecule has 5 rings (SSSR count). The van der Waals surface area contributed by atoms with E-state index in [1.165, 1.54) is 21.8 Å². The number of amides is 2. The molecule has 0 saturated heterocycles. The van der Waals surface area contributed by atoms with Crippen molar-refractivity contribution in [3.05, 3.63) is 77.9 Å². The van der Waals surface area contributed by atoms with Crippen LogP contribution in [-0.2, 0) is 10.5 Å². The first-order valence-corrected chi connectivity index (χ1v) is 11.1. The molecule has 4 aromatic rings. The Morgan fingerprint density at radius 1 is 1.00 bits per heavy atom. The lowest BCUT2D eigenvalue weighted by molar-refractivity contribution is -0.114. The number of rotatable bonds is 6. The first-order chi connectivity index (χ1) is 14.7. The van der Waals surface area contributed by atoms with Gasteiger partial charge in [0, 0.05) is 16.7 Å². The van der Waals surface area contributed by atoms with Crippen LogP contribution in [0.1, 0.15) is 15.9 Å². The summed E-state index contributed by atoms with van der Waals surface area (Å²) in [6.45, 7) is -0.0707. The lowest BCUT2D eigenvalue weighted by atomic mass is 10.1. The van der Waals surface area contributed by atoms with Crippen LogP contribution in [0.3, 0.4) is 0 Å². The first kappa shape index (κ1) is 18.8. The van der Waals surface area contributed by atoms with E-state index in [0.29, 0.717) is 10.7 Å². The zero-order valence-electron chi connectivity index (χ0n) is 15.7. The molecule has 0 spiro atoms. The summed E-state index contributed by atoms with van der Waals surface area (Å²) in [6, 6.07) is 21.5. The summed E-state index contributed by atoms with van der Waals surface area (Å²) in [7, 11) is 0. The van der Waals surface area contributed by atoms with Crippen LogP contribution in [0.5, 0.6) is 0 Å². The number of hydrogen-bond acceptors (Lipinski definition) is 6. The summed E-state index contributed by atoms with van der Waals surface area (Å²) < 4.78 is 0.781. The minimum atomic E-state index is -0.302. The van der Waals surface area contributed by atoms with Gasteiger partial charge in [-0.05, 0) is 23.1 Å². The van der Waals surface area contributed by atoms with Gasteiger partial charge in [-0.1, -0.05) is 77.7 Å². The van der Waals surface area contributed by atoms with Gasteiger partial charge in [-0.2, -0.15) is 0 Å². The van der Waals surface area contributed by atoms with E-state index in [1.807, 2.05) is 48.5 Å². The minimum absolute atomic E-state index is 0.0707. The van der Waals surface area contributed by atoms with Crippen molar-refractivity contribution in [1.29, 1.82) is 0 Å². The van der Waals surface area contributed by atoms with Crippen molar-refractivity contribution in [1.82, 2.24) is 10.2 Å². The molecule has 2 heterocycles. The molecule has 0 aliphatic carbocycles. The van der Waals surface area contributed by atoms with Crippen LogP contribution in [0.2, 0.25) is 0 Å². The maximum absolute atomic E-state index is 12.8. The van der Waals surface area contributed by atoms with Crippen molar-refractivity contribution in [3.63, 3.8) is 0 Å². The highest BCUT2D eigenvalue weighted by molar-refractivity contribution is 8.00. The number of nitrogens with zero attached hydrogens (tertiary/aromatic N) is 3. The second-order valence-corrected chi connectivity index (χ2v) is 8.97. The summed E-state index contributed by atoms with van der Waals surface area (Å²) in [5.41, 5.74) is 2.59. The maximum atomic E-state index is 12.8. The number of aromatic nitrogens is 2. The van der Waals surface area contributed by atoms with Crippen molar-refractivity contribution in [2.75, 3.05) is 16.8 Å². The summed E-state index contributed by atoms with van der Waals surface area (Å²) in [4.78, 5) is 26.9. The Balaban J connectivity index is 1.25. The van der Waals surface area contributed by atoms with E-state index >= 15 is 0 Å². The number of hydrogen-bond donors (Lipinski definition) is 1. The fourth-order valence-corrected chi connectivity index (χ4v) is 5.20. The molecule has 2 amide bonds. The van der Waals surface area contributed by atoms with E-state index in [1.54, 1.807) is 17.8 Å². The van der Waals surface area contributed by atoms with E-state index in [9.17, 15) is 9.59 Å². The van der Waals surface area contributed by atoms with Gasteiger partial charge in [0.1, 0.15) is 6.54 Å². The van der Waals surface area contributed by atoms with Crippen LogP contribution in [0.25, 0.3) is 10.8 Å². The molecule has 0 unspecified atom stereocenters. The Kier molecular flexibility index (Phi) is 4.94. The van der Waals surface area contributed by atoms with E-state index in [2.05, 4.69) is 27.6 Å². The lowest BCUT2D eigenvalue weighted by Crippen LogP contribution is -2.35. The Hall–Kier alpha value is -3.23. The van der Waals surface area contributed by atoms with Crippen LogP contribution < -0.4 is 10.2 Å². The lowest BCUT2D eigenvalue weighted by Gasteiger charge is -2.16. The Morgan fingerprint density at radius 3 is 2.63 bits per heavy atom. The summed E-state index contributed by atoms with van der Waals surface area (Å²) in [5, 5.41) is 13.3. The van der Waals surface area contributed by atoms with Crippen molar-refractivity contribution in [2.45, 2.75) is 10.1 Å². The van der Waals surface area contributed by atoms with Gasteiger partial charge in [0.15, 0.2) is 4.34 Å². The molecule has 1 aliphatic heterocycles. The number of nitrogens with one attached hydrogen (secondary N) is 1. The largest absolute Gasteiger partial charge is 0.299 e. The van der Waals surface area contributed by atoms with Gasteiger partial charge in [0.2, 0.25) is 11.0 Å².